The van der Waals surface area contributed by atoms with Crippen molar-refractivity contribution in [3.05, 3.63) is 53.0 Å². The summed E-state index contributed by atoms with van der Waals surface area (Å²) in [5, 5.41) is 1.26. The molecule has 4 aromatic rings. The molecule has 30 heavy (non-hydrogen) atoms. The Hall–Kier alpha value is -2.06. The molecule has 2 heterocycles. The number of aromatic nitrogens is 2. The first kappa shape index (κ1) is 22.6. The van der Waals surface area contributed by atoms with Gasteiger partial charge in [0.15, 0.2) is 10.1 Å². The fourth-order valence-electron chi connectivity index (χ4n) is 3.33. The number of thiazole rings is 2. The van der Waals surface area contributed by atoms with Gasteiger partial charge in [-0.15, -0.1) is 23.7 Å². The molecule has 2 aromatic heterocycles. The summed E-state index contributed by atoms with van der Waals surface area (Å²) < 4.78 is 2.13. The number of carbonyl (C=O) groups excluding carboxylic acids is 1. The van der Waals surface area contributed by atoms with Crippen LogP contribution in [0.2, 0.25) is 0 Å². The number of fused-ring (bicyclic) bond motifs is 2. The van der Waals surface area contributed by atoms with Crippen molar-refractivity contribution in [1.82, 2.24) is 14.9 Å². The highest BCUT2D eigenvalue weighted by atomic mass is 35.5. The van der Waals surface area contributed by atoms with Crippen LogP contribution < -0.4 is 4.90 Å². The van der Waals surface area contributed by atoms with E-state index >= 15 is 0 Å². The topological polar surface area (TPSA) is 49.3 Å². The summed E-state index contributed by atoms with van der Waals surface area (Å²) in [6.45, 7) is 9.65. The predicted molar refractivity (Wildman–Crippen MR) is 131 cm³/mol. The number of aryl methyl sites for hydroxylation is 1. The average Bonchev–Trinajstić information content (AvgIpc) is 3.36. The van der Waals surface area contributed by atoms with Crippen LogP contribution in [0.1, 0.15) is 29.2 Å². The maximum Gasteiger partial charge on any atom is 0.289 e. The van der Waals surface area contributed by atoms with Crippen LogP contribution in [0.5, 0.6) is 0 Å². The lowest BCUT2D eigenvalue weighted by Gasteiger charge is -2.24. The molecule has 1 amide bonds. The molecule has 5 nitrogen and oxygen atoms in total. The molecular formula is C22H25ClN4OS2. The molecule has 8 heteroatoms. The van der Waals surface area contributed by atoms with Crippen molar-refractivity contribution in [3.63, 3.8) is 0 Å². The molecule has 0 fully saturated rings. The summed E-state index contributed by atoms with van der Waals surface area (Å²) in [4.78, 5) is 27.0. The molecule has 0 N–H and O–H groups in total. The highest BCUT2D eigenvalue weighted by molar-refractivity contribution is 7.23. The highest BCUT2D eigenvalue weighted by Gasteiger charge is 2.25. The van der Waals surface area contributed by atoms with Crippen molar-refractivity contribution >= 4 is 66.6 Å². The molecule has 0 aliphatic carbocycles. The Balaban J connectivity index is 0.00000256. The SMILES string of the molecule is CCN(CC)CCN(C(=O)c1nc2ccccc2s1)c1nc2c(C)cccc2s1.Cl. The molecule has 2 aromatic carbocycles. The number of halogens is 1. The zero-order valence-electron chi connectivity index (χ0n) is 17.3. The normalized spacial score (nSPS) is 11.2. The summed E-state index contributed by atoms with van der Waals surface area (Å²) in [5.74, 6) is -0.0740. The first-order valence-corrected chi connectivity index (χ1v) is 11.5. The Morgan fingerprint density at radius 3 is 2.37 bits per heavy atom. The second-order valence-corrected chi connectivity index (χ2v) is 8.93. The van der Waals surface area contributed by atoms with E-state index in [4.69, 9.17) is 4.98 Å². The van der Waals surface area contributed by atoms with Crippen LogP contribution in [0.4, 0.5) is 5.13 Å². The van der Waals surface area contributed by atoms with E-state index in [1.54, 1.807) is 16.2 Å². The monoisotopic (exact) mass is 460 g/mol. The molecule has 4 rings (SSSR count). The lowest BCUT2D eigenvalue weighted by atomic mass is 10.2. The predicted octanol–water partition coefficient (Wildman–Crippen LogP) is 5.62. The number of amides is 1. The van der Waals surface area contributed by atoms with Crippen molar-refractivity contribution in [2.24, 2.45) is 0 Å². The number of para-hydroxylation sites is 2. The van der Waals surface area contributed by atoms with Gasteiger partial charge in [-0.05, 0) is 43.8 Å². The summed E-state index contributed by atoms with van der Waals surface area (Å²) in [6.07, 6.45) is 0. The molecule has 0 spiro atoms. The van der Waals surface area contributed by atoms with Crippen molar-refractivity contribution in [1.29, 1.82) is 0 Å². The Morgan fingerprint density at radius 2 is 1.67 bits per heavy atom. The van der Waals surface area contributed by atoms with Gasteiger partial charge in [0.05, 0.1) is 20.4 Å². The maximum absolute atomic E-state index is 13.5. The summed E-state index contributed by atoms with van der Waals surface area (Å²) >= 11 is 3.01. The molecule has 0 aliphatic rings. The van der Waals surface area contributed by atoms with E-state index in [0.717, 1.165) is 50.8 Å². The fraction of sp³-hybridized carbons (Fsp3) is 0.318. The number of hydrogen-bond donors (Lipinski definition) is 0. The quantitative estimate of drug-likeness (QED) is 0.359. The third-order valence-electron chi connectivity index (χ3n) is 5.10. The fourth-order valence-corrected chi connectivity index (χ4v) is 5.32. The lowest BCUT2D eigenvalue weighted by molar-refractivity contribution is 0.0983. The molecule has 0 saturated carbocycles. The van der Waals surface area contributed by atoms with Crippen LogP contribution >= 0.6 is 35.1 Å². The second kappa shape index (κ2) is 9.83. The van der Waals surface area contributed by atoms with E-state index in [2.05, 4.69) is 42.8 Å². The zero-order valence-corrected chi connectivity index (χ0v) is 19.7. The third kappa shape index (κ3) is 4.49. The van der Waals surface area contributed by atoms with Gasteiger partial charge in [-0.2, -0.15) is 0 Å². The van der Waals surface area contributed by atoms with E-state index in [1.165, 1.54) is 11.3 Å². The van der Waals surface area contributed by atoms with E-state index in [0.29, 0.717) is 11.6 Å². The van der Waals surface area contributed by atoms with Crippen LogP contribution in [0, 0.1) is 6.92 Å². The molecular weight excluding hydrogens is 436 g/mol. The molecule has 0 saturated heterocycles. The van der Waals surface area contributed by atoms with Crippen LogP contribution in [0.15, 0.2) is 42.5 Å². The highest BCUT2D eigenvalue weighted by Crippen LogP contribution is 2.32. The molecule has 0 atom stereocenters. The van der Waals surface area contributed by atoms with Crippen LogP contribution in [-0.4, -0.2) is 47.0 Å². The molecule has 0 aliphatic heterocycles. The van der Waals surface area contributed by atoms with Gasteiger partial charge in [-0.3, -0.25) is 9.69 Å². The van der Waals surface area contributed by atoms with Crippen molar-refractivity contribution in [2.45, 2.75) is 20.8 Å². The van der Waals surface area contributed by atoms with Gasteiger partial charge < -0.3 is 4.90 Å². The van der Waals surface area contributed by atoms with Gasteiger partial charge in [0.25, 0.3) is 5.91 Å². The van der Waals surface area contributed by atoms with Crippen molar-refractivity contribution < 1.29 is 4.79 Å². The minimum absolute atomic E-state index is 0. The maximum atomic E-state index is 13.5. The largest absolute Gasteiger partial charge is 0.302 e. The minimum Gasteiger partial charge on any atom is -0.302 e. The smallest absolute Gasteiger partial charge is 0.289 e. The molecule has 158 valence electrons. The van der Waals surface area contributed by atoms with Crippen LogP contribution in [0.25, 0.3) is 20.4 Å². The molecule has 0 radical (unpaired) electrons. The Labute approximate surface area is 190 Å². The number of likely N-dealkylation sites (N-methyl/N-ethyl adjacent to an activating group) is 1. The van der Waals surface area contributed by atoms with Crippen LogP contribution in [-0.2, 0) is 0 Å². The Bertz CT molecular complexity index is 1120. The lowest BCUT2D eigenvalue weighted by Crippen LogP contribution is -2.38. The van der Waals surface area contributed by atoms with E-state index in [9.17, 15) is 4.79 Å². The Kier molecular flexibility index (Phi) is 7.41. The van der Waals surface area contributed by atoms with Crippen LogP contribution in [0.3, 0.4) is 0 Å². The standard InChI is InChI=1S/C22H24N4OS2.ClH/c1-4-25(5-2)13-14-26(22-24-19-15(3)9-8-12-18(19)29-22)21(27)20-23-16-10-6-7-11-17(16)28-20;/h6-12H,4-5,13-14H2,1-3H3;1H. The molecule has 0 bridgehead atoms. The van der Waals surface area contributed by atoms with E-state index < -0.39 is 0 Å². The minimum atomic E-state index is -0.0740. The number of anilines is 1. The number of carbonyl (C=O) groups is 1. The zero-order chi connectivity index (χ0) is 20.4. The van der Waals surface area contributed by atoms with Gasteiger partial charge in [-0.25, -0.2) is 9.97 Å². The summed E-state index contributed by atoms with van der Waals surface area (Å²) in [5.41, 5.74) is 2.96. The van der Waals surface area contributed by atoms with Gasteiger partial charge >= 0.3 is 0 Å². The number of hydrogen-bond acceptors (Lipinski definition) is 6. The van der Waals surface area contributed by atoms with Crippen molar-refractivity contribution in [2.75, 3.05) is 31.1 Å². The second-order valence-electron chi connectivity index (χ2n) is 6.89. The third-order valence-corrected chi connectivity index (χ3v) is 7.16. The van der Waals surface area contributed by atoms with E-state index in [1.807, 2.05) is 30.3 Å². The summed E-state index contributed by atoms with van der Waals surface area (Å²) in [6, 6.07) is 14.0. The number of rotatable bonds is 7. The van der Waals surface area contributed by atoms with E-state index in [-0.39, 0.29) is 18.3 Å². The number of nitrogens with zero attached hydrogens (tertiary/aromatic N) is 4. The average molecular weight is 461 g/mol. The molecule has 0 unspecified atom stereocenters. The Morgan fingerprint density at radius 1 is 0.933 bits per heavy atom. The van der Waals surface area contributed by atoms with Gasteiger partial charge in [0.2, 0.25) is 0 Å². The van der Waals surface area contributed by atoms with Crippen molar-refractivity contribution in [3.8, 4) is 0 Å². The first-order valence-electron chi connectivity index (χ1n) is 9.86. The van der Waals surface area contributed by atoms with Gasteiger partial charge in [0, 0.05) is 13.1 Å². The number of benzene rings is 2. The summed E-state index contributed by atoms with van der Waals surface area (Å²) in [7, 11) is 0. The van der Waals surface area contributed by atoms with Gasteiger partial charge in [-0.1, -0.05) is 49.4 Å². The first-order chi connectivity index (χ1) is 14.1. The van der Waals surface area contributed by atoms with Gasteiger partial charge in [0.1, 0.15) is 0 Å².